The van der Waals surface area contributed by atoms with Crippen molar-refractivity contribution >= 4 is 34.5 Å². The Kier molecular flexibility index (Phi) is 5.79. The van der Waals surface area contributed by atoms with E-state index in [4.69, 9.17) is 16.3 Å². The van der Waals surface area contributed by atoms with Gasteiger partial charge in [0.1, 0.15) is 10.8 Å². The van der Waals surface area contributed by atoms with Crippen LogP contribution < -0.4 is 10.1 Å². The molecule has 8 heteroatoms. The molecule has 1 aromatic carbocycles. The Balaban J connectivity index is 1.34. The number of carbonyl (C=O) groups is 1. The lowest BCUT2D eigenvalue weighted by atomic mass is 10.3. The van der Waals surface area contributed by atoms with E-state index >= 15 is 0 Å². The van der Waals surface area contributed by atoms with Gasteiger partial charge in [-0.25, -0.2) is 9.97 Å². The van der Waals surface area contributed by atoms with Crippen LogP contribution in [0.25, 0.3) is 10.7 Å². The molecule has 0 aliphatic rings. The number of rotatable bonds is 6. The first kappa shape index (κ1) is 19.0. The van der Waals surface area contributed by atoms with E-state index in [0.717, 1.165) is 10.7 Å². The Labute approximate surface area is 176 Å². The van der Waals surface area contributed by atoms with Crippen LogP contribution in [0, 0.1) is 0 Å². The highest BCUT2D eigenvalue weighted by Crippen LogP contribution is 2.23. The van der Waals surface area contributed by atoms with Crippen molar-refractivity contribution in [3.63, 3.8) is 0 Å². The van der Waals surface area contributed by atoms with Gasteiger partial charge in [-0.3, -0.25) is 9.78 Å². The van der Waals surface area contributed by atoms with Crippen molar-refractivity contribution in [2.45, 2.75) is 6.42 Å². The molecule has 0 atom stereocenters. The molecule has 0 radical (unpaired) electrons. The lowest BCUT2D eigenvalue weighted by Gasteiger charge is -2.07. The number of amides is 1. The van der Waals surface area contributed by atoms with E-state index in [9.17, 15) is 4.79 Å². The van der Waals surface area contributed by atoms with Gasteiger partial charge >= 0.3 is 0 Å². The van der Waals surface area contributed by atoms with E-state index in [0.29, 0.717) is 28.0 Å². The first-order chi connectivity index (χ1) is 14.2. The summed E-state index contributed by atoms with van der Waals surface area (Å²) in [4.78, 5) is 25.3. The molecular weight excluding hydrogens is 408 g/mol. The van der Waals surface area contributed by atoms with Gasteiger partial charge in [-0.2, -0.15) is 0 Å². The summed E-state index contributed by atoms with van der Waals surface area (Å²) < 4.78 is 5.64. The standard InChI is InChI=1S/C21H15ClN4O2S/c22-14-4-7-17(8-5-14)28-20-9-6-15(12-24-20)25-19(27)11-16-13-29-21(26-16)18-3-1-2-10-23-18/h1-10,12-13H,11H2,(H,25,27). The number of thiazole rings is 1. The molecule has 4 rings (SSSR count). The molecular formula is C21H15ClN4O2S. The Morgan fingerprint density at radius 3 is 2.66 bits per heavy atom. The number of benzene rings is 1. The monoisotopic (exact) mass is 422 g/mol. The fourth-order valence-electron chi connectivity index (χ4n) is 2.50. The van der Waals surface area contributed by atoms with Gasteiger partial charge in [0.25, 0.3) is 0 Å². The second-order valence-corrected chi connectivity index (χ2v) is 7.32. The summed E-state index contributed by atoms with van der Waals surface area (Å²) in [6.07, 6.45) is 3.44. The molecule has 29 heavy (non-hydrogen) atoms. The number of nitrogens with zero attached hydrogens (tertiary/aromatic N) is 3. The highest BCUT2D eigenvalue weighted by molar-refractivity contribution is 7.13. The van der Waals surface area contributed by atoms with Gasteiger partial charge in [0.2, 0.25) is 11.8 Å². The zero-order valence-electron chi connectivity index (χ0n) is 15.1. The molecule has 4 aromatic rings. The van der Waals surface area contributed by atoms with Crippen LogP contribution in [-0.2, 0) is 11.2 Å². The molecule has 0 aliphatic carbocycles. The third kappa shape index (κ3) is 5.16. The minimum absolute atomic E-state index is 0.170. The summed E-state index contributed by atoms with van der Waals surface area (Å²) >= 11 is 7.32. The number of hydrogen-bond acceptors (Lipinski definition) is 6. The van der Waals surface area contributed by atoms with Crippen molar-refractivity contribution in [2.24, 2.45) is 0 Å². The number of aromatic nitrogens is 3. The first-order valence-corrected chi connectivity index (χ1v) is 9.96. The Morgan fingerprint density at radius 2 is 1.93 bits per heavy atom. The van der Waals surface area contributed by atoms with Crippen LogP contribution in [0.4, 0.5) is 5.69 Å². The van der Waals surface area contributed by atoms with Gasteiger partial charge in [0.05, 0.1) is 29.7 Å². The van der Waals surface area contributed by atoms with Gasteiger partial charge in [-0.15, -0.1) is 11.3 Å². The van der Waals surface area contributed by atoms with E-state index in [1.165, 1.54) is 11.3 Å². The van der Waals surface area contributed by atoms with Crippen LogP contribution in [-0.4, -0.2) is 20.9 Å². The predicted molar refractivity (Wildman–Crippen MR) is 113 cm³/mol. The highest BCUT2D eigenvalue weighted by Gasteiger charge is 2.10. The second kappa shape index (κ2) is 8.81. The molecule has 3 heterocycles. The average molecular weight is 423 g/mol. The first-order valence-electron chi connectivity index (χ1n) is 8.71. The molecule has 0 unspecified atom stereocenters. The van der Waals surface area contributed by atoms with E-state index in [1.54, 1.807) is 48.8 Å². The molecule has 1 amide bonds. The summed E-state index contributed by atoms with van der Waals surface area (Å²) in [6.45, 7) is 0. The van der Waals surface area contributed by atoms with Crippen molar-refractivity contribution < 1.29 is 9.53 Å². The Hall–Kier alpha value is -3.29. The molecule has 144 valence electrons. The number of pyridine rings is 2. The second-order valence-electron chi connectivity index (χ2n) is 6.03. The number of carbonyl (C=O) groups excluding carboxylic acids is 1. The fourth-order valence-corrected chi connectivity index (χ4v) is 3.42. The number of hydrogen-bond donors (Lipinski definition) is 1. The molecule has 3 aromatic heterocycles. The third-order valence-corrected chi connectivity index (χ3v) is 5.00. The van der Waals surface area contributed by atoms with Crippen molar-refractivity contribution in [2.75, 3.05) is 5.32 Å². The lowest BCUT2D eigenvalue weighted by molar-refractivity contribution is -0.115. The normalized spacial score (nSPS) is 10.5. The van der Waals surface area contributed by atoms with Crippen LogP contribution >= 0.6 is 22.9 Å². The minimum atomic E-state index is -0.170. The Morgan fingerprint density at radius 1 is 1.07 bits per heavy atom. The van der Waals surface area contributed by atoms with E-state index < -0.39 is 0 Å². The quantitative estimate of drug-likeness (QED) is 0.460. The van der Waals surface area contributed by atoms with Gasteiger partial charge in [0, 0.05) is 22.7 Å². The molecule has 0 saturated carbocycles. The predicted octanol–water partition coefficient (Wildman–Crippen LogP) is 5.23. The maximum Gasteiger partial charge on any atom is 0.230 e. The van der Waals surface area contributed by atoms with Crippen LogP contribution in [0.3, 0.4) is 0 Å². The number of nitrogens with one attached hydrogen (secondary N) is 1. The van der Waals surface area contributed by atoms with Crippen LogP contribution in [0.5, 0.6) is 11.6 Å². The van der Waals surface area contributed by atoms with Gasteiger partial charge in [-0.05, 0) is 42.5 Å². The van der Waals surface area contributed by atoms with E-state index in [1.807, 2.05) is 23.6 Å². The molecule has 0 spiro atoms. The average Bonchev–Trinajstić information content (AvgIpc) is 3.20. The SMILES string of the molecule is O=C(Cc1csc(-c2ccccn2)n1)Nc1ccc(Oc2ccc(Cl)cc2)nc1. The molecule has 0 bridgehead atoms. The zero-order chi connectivity index (χ0) is 20.1. The maximum atomic E-state index is 12.3. The summed E-state index contributed by atoms with van der Waals surface area (Å²) in [6, 6.07) is 16.1. The van der Waals surface area contributed by atoms with Crippen molar-refractivity contribution in [1.82, 2.24) is 15.0 Å². The number of halogens is 1. The number of ether oxygens (including phenoxy) is 1. The summed E-state index contributed by atoms with van der Waals surface area (Å²) in [5, 5.41) is 6.10. The minimum Gasteiger partial charge on any atom is -0.439 e. The van der Waals surface area contributed by atoms with Crippen LogP contribution in [0.2, 0.25) is 5.02 Å². The fraction of sp³-hybridized carbons (Fsp3) is 0.0476. The van der Waals surface area contributed by atoms with E-state index in [2.05, 4.69) is 20.3 Å². The van der Waals surface area contributed by atoms with Crippen LogP contribution in [0.1, 0.15) is 5.69 Å². The molecule has 0 saturated heterocycles. The molecule has 1 N–H and O–H groups in total. The summed E-state index contributed by atoms with van der Waals surface area (Å²) in [7, 11) is 0. The molecule has 0 fully saturated rings. The maximum absolute atomic E-state index is 12.3. The van der Waals surface area contributed by atoms with Crippen LogP contribution in [0.15, 0.2) is 72.4 Å². The summed E-state index contributed by atoms with van der Waals surface area (Å²) in [5.41, 5.74) is 2.08. The zero-order valence-corrected chi connectivity index (χ0v) is 16.7. The van der Waals surface area contributed by atoms with Gasteiger partial charge in [0.15, 0.2) is 0 Å². The largest absolute Gasteiger partial charge is 0.439 e. The smallest absolute Gasteiger partial charge is 0.230 e. The third-order valence-electron chi connectivity index (χ3n) is 3.83. The van der Waals surface area contributed by atoms with Crippen molar-refractivity contribution in [1.29, 1.82) is 0 Å². The Bertz CT molecular complexity index is 1100. The lowest BCUT2D eigenvalue weighted by Crippen LogP contribution is -2.14. The van der Waals surface area contributed by atoms with Crippen molar-refractivity contribution in [3.05, 3.63) is 83.1 Å². The topological polar surface area (TPSA) is 77.0 Å². The molecule has 0 aliphatic heterocycles. The number of anilines is 1. The highest BCUT2D eigenvalue weighted by atomic mass is 35.5. The van der Waals surface area contributed by atoms with Gasteiger partial charge in [-0.1, -0.05) is 17.7 Å². The van der Waals surface area contributed by atoms with E-state index in [-0.39, 0.29) is 12.3 Å². The van der Waals surface area contributed by atoms with Crippen molar-refractivity contribution in [3.8, 4) is 22.3 Å². The van der Waals surface area contributed by atoms with Gasteiger partial charge < -0.3 is 10.1 Å². The molecule has 6 nitrogen and oxygen atoms in total. The summed E-state index contributed by atoms with van der Waals surface area (Å²) in [5.74, 6) is 0.881.